The van der Waals surface area contributed by atoms with E-state index < -0.39 is 23.2 Å². The van der Waals surface area contributed by atoms with Crippen LogP contribution in [-0.2, 0) is 9.59 Å². The first kappa shape index (κ1) is 14.0. The topological polar surface area (TPSA) is 76.3 Å². The van der Waals surface area contributed by atoms with Gasteiger partial charge in [0, 0.05) is 12.3 Å². The molecular formula is C15H18FN3O2. The van der Waals surface area contributed by atoms with Crippen molar-refractivity contribution in [2.75, 3.05) is 4.90 Å². The van der Waals surface area contributed by atoms with Gasteiger partial charge in [-0.25, -0.2) is 9.37 Å². The lowest BCUT2D eigenvalue weighted by molar-refractivity contribution is -0.127. The van der Waals surface area contributed by atoms with E-state index in [0.717, 1.165) is 32.1 Å². The highest BCUT2D eigenvalue weighted by Crippen LogP contribution is 2.48. The zero-order valence-corrected chi connectivity index (χ0v) is 11.7. The molecule has 1 aromatic rings. The van der Waals surface area contributed by atoms with Crippen molar-refractivity contribution in [2.45, 2.75) is 44.6 Å². The third-order valence-corrected chi connectivity index (χ3v) is 4.66. The third-order valence-electron chi connectivity index (χ3n) is 4.66. The summed E-state index contributed by atoms with van der Waals surface area (Å²) in [5.74, 6) is -1.01. The van der Waals surface area contributed by atoms with Crippen molar-refractivity contribution in [2.24, 2.45) is 11.1 Å². The Kier molecular flexibility index (Phi) is 3.39. The lowest BCUT2D eigenvalue weighted by Gasteiger charge is -2.31. The number of amides is 2. The van der Waals surface area contributed by atoms with Crippen LogP contribution in [0.5, 0.6) is 0 Å². The fraction of sp³-hybridized carbons (Fsp3) is 0.533. The summed E-state index contributed by atoms with van der Waals surface area (Å²) >= 11 is 0. The maximum atomic E-state index is 13.4. The van der Waals surface area contributed by atoms with Crippen molar-refractivity contribution < 1.29 is 14.0 Å². The Hall–Kier alpha value is -1.98. The van der Waals surface area contributed by atoms with E-state index >= 15 is 0 Å². The van der Waals surface area contributed by atoms with Crippen molar-refractivity contribution in [3.8, 4) is 0 Å². The molecule has 0 radical (unpaired) electrons. The smallest absolute Gasteiger partial charge is 0.240 e. The van der Waals surface area contributed by atoms with Crippen LogP contribution >= 0.6 is 0 Å². The Morgan fingerprint density at radius 1 is 1.38 bits per heavy atom. The summed E-state index contributed by atoms with van der Waals surface area (Å²) in [7, 11) is 0. The predicted molar refractivity (Wildman–Crippen MR) is 74.8 cm³/mol. The van der Waals surface area contributed by atoms with Crippen molar-refractivity contribution in [3.63, 3.8) is 0 Å². The second-order valence-corrected chi connectivity index (χ2v) is 5.97. The third kappa shape index (κ3) is 2.28. The number of nitrogens with two attached hydrogens (primary N) is 1. The average molecular weight is 291 g/mol. The molecule has 2 heterocycles. The number of aromatic nitrogens is 1. The molecule has 1 aliphatic carbocycles. The summed E-state index contributed by atoms with van der Waals surface area (Å²) in [5.41, 5.74) is 4.94. The Bertz CT molecular complexity index is 584. The Morgan fingerprint density at radius 2 is 2.10 bits per heavy atom. The average Bonchev–Trinajstić information content (AvgIpc) is 2.74. The van der Waals surface area contributed by atoms with Crippen LogP contribution < -0.4 is 10.6 Å². The van der Waals surface area contributed by atoms with Gasteiger partial charge in [0.15, 0.2) is 0 Å². The number of pyridine rings is 1. The van der Waals surface area contributed by atoms with Gasteiger partial charge in [0.05, 0.1) is 5.41 Å². The summed E-state index contributed by atoms with van der Waals surface area (Å²) < 4.78 is 13.4. The largest absolute Gasteiger partial charge is 0.368 e. The van der Waals surface area contributed by atoms with E-state index in [1.165, 1.54) is 23.2 Å². The second kappa shape index (κ2) is 5.09. The van der Waals surface area contributed by atoms with Gasteiger partial charge in [0.2, 0.25) is 11.8 Å². The van der Waals surface area contributed by atoms with Crippen molar-refractivity contribution in [3.05, 3.63) is 24.1 Å². The minimum absolute atomic E-state index is 0.135. The fourth-order valence-electron chi connectivity index (χ4n) is 3.61. The molecule has 0 aromatic carbocycles. The molecule has 21 heavy (non-hydrogen) atoms. The molecule has 2 N–H and O–H groups in total. The van der Waals surface area contributed by atoms with Crippen molar-refractivity contribution in [1.82, 2.24) is 4.98 Å². The van der Waals surface area contributed by atoms with Crippen LogP contribution in [0.2, 0.25) is 0 Å². The van der Waals surface area contributed by atoms with E-state index in [0.29, 0.717) is 6.42 Å². The normalized spacial score (nSPS) is 24.5. The van der Waals surface area contributed by atoms with E-state index in [1.54, 1.807) is 0 Å². The SMILES string of the molecule is NC(=O)C1CC2(CCCCC2)C(=O)N1c1cc(F)ccn1. The van der Waals surface area contributed by atoms with Gasteiger partial charge < -0.3 is 5.73 Å². The molecule has 1 saturated heterocycles. The number of nitrogens with zero attached hydrogens (tertiary/aromatic N) is 2. The van der Waals surface area contributed by atoms with Crippen LogP contribution in [0.25, 0.3) is 0 Å². The molecule has 5 nitrogen and oxygen atoms in total. The second-order valence-electron chi connectivity index (χ2n) is 5.97. The first-order chi connectivity index (χ1) is 10.0. The predicted octanol–water partition coefficient (Wildman–Crippen LogP) is 1.76. The monoisotopic (exact) mass is 291 g/mol. The highest BCUT2D eigenvalue weighted by atomic mass is 19.1. The van der Waals surface area contributed by atoms with Crippen LogP contribution in [0, 0.1) is 11.2 Å². The molecule has 2 aliphatic rings. The van der Waals surface area contributed by atoms with Crippen LogP contribution in [0.3, 0.4) is 0 Å². The van der Waals surface area contributed by atoms with E-state index in [4.69, 9.17) is 5.73 Å². The number of anilines is 1. The number of carbonyl (C=O) groups excluding carboxylic acids is 2. The number of carbonyl (C=O) groups is 2. The quantitative estimate of drug-likeness (QED) is 0.902. The molecule has 2 amide bonds. The van der Waals surface area contributed by atoms with E-state index in [9.17, 15) is 14.0 Å². The Balaban J connectivity index is 2.00. The molecule has 1 atom stereocenters. The summed E-state index contributed by atoms with van der Waals surface area (Å²) in [5, 5.41) is 0. The molecular weight excluding hydrogens is 273 g/mol. The van der Waals surface area contributed by atoms with Gasteiger partial charge in [-0.15, -0.1) is 0 Å². The lowest BCUT2D eigenvalue weighted by atomic mass is 9.72. The van der Waals surface area contributed by atoms with Gasteiger partial charge in [0.1, 0.15) is 17.7 Å². The molecule has 3 rings (SSSR count). The fourth-order valence-corrected chi connectivity index (χ4v) is 3.61. The summed E-state index contributed by atoms with van der Waals surface area (Å²) in [6.45, 7) is 0. The van der Waals surface area contributed by atoms with Crippen LogP contribution in [0.15, 0.2) is 18.3 Å². The van der Waals surface area contributed by atoms with Crippen LogP contribution in [0.4, 0.5) is 10.2 Å². The van der Waals surface area contributed by atoms with Gasteiger partial charge in [-0.2, -0.15) is 0 Å². The minimum atomic E-state index is -0.732. The Morgan fingerprint density at radius 3 is 2.71 bits per heavy atom. The standard InChI is InChI=1S/C15H18FN3O2/c16-10-4-7-18-12(8-10)19-11(13(17)20)9-15(14(19)21)5-2-1-3-6-15/h4,7-8,11H,1-3,5-6,9H2,(H2,17,20). The van der Waals surface area contributed by atoms with Gasteiger partial charge in [0.25, 0.3) is 0 Å². The van der Waals surface area contributed by atoms with E-state index in [1.807, 2.05) is 0 Å². The lowest BCUT2D eigenvalue weighted by Crippen LogP contribution is -2.43. The highest BCUT2D eigenvalue weighted by molar-refractivity contribution is 6.06. The minimum Gasteiger partial charge on any atom is -0.368 e. The van der Waals surface area contributed by atoms with E-state index in [2.05, 4.69) is 4.98 Å². The maximum Gasteiger partial charge on any atom is 0.240 e. The zero-order valence-electron chi connectivity index (χ0n) is 11.7. The van der Waals surface area contributed by atoms with E-state index in [-0.39, 0.29) is 11.7 Å². The molecule has 112 valence electrons. The molecule has 1 aliphatic heterocycles. The Labute approximate surface area is 122 Å². The molecule has 2 fully saturated rings. The number of hydrogen-bond donors (Lipinski definition) is 1. The summed E-state index contributed by atoms with van der Waals surface area (Å²) in [6, 6.07) is 1.65. The molecule has 1 spiro atoms. The highest BCUT2D eigenvalue weighted by Gasteiger charge is 2.54. The summed E-state index contributed by atoms with van der Waals surface area (Å²) in [4.78, 5) is 30.0. The molecule has 1 aromatic heterocycles. The van der Waals surface area contributed by atoms with Crippen LogP contribution in [-0.4, -0.2) is 22.8 Å². The van der Waals surface area contributed by atoms with Gasteiger partial charge in [-0.3, -0.25) is 14.5 Å². The molecule has 1 saturated carbocycles. The van der Waals surface area contributed by atoms with Crippen molar-refractivity contribution in [1.29, 1.82) is 0 Å². The molecule has 1 unspecified atom stereocenters. The first-order valence-corrected chi connectivity index (χ1v) is 7.28. The van der Waals surface area contributed by atoms with Crippen LogP contribution in [0.1, 0.15) is 38.5 Å². The van der Waals surface area contributed by atoms with Gasteiger partial charge >= 0.3 is 0 Å². The number of primary amides is 1. The van der Waals surface area contributed by atoms with Crippen molar-refractivity contribution >= 4 is 17.6 Å². The number of halogens is 1. The number of hydrogen-bond acceptors (Lipinski definition) is 3. The molecule has 6 heteroatoms. The van der Waals surface area contributed by atoms with Gasteiger partial charge in [-0.1, -0.05) is 19.3 Å². The zero-order chi connectivity index (χ0) is 15.0. The maximum absolute atomic E-state index is 13.4. The number of rotatable bonds is 2. The first-order valence-electron chi connectivity index (χ1n) is 7.28. The van der Waals surface area contributed by atoms with Gasteiger partial charge in [-0.05, 0) is 25.3 Å². The summed E-state index contributed by atoms with van der Waals surface area (Å²) in [6.07, 6.45) is 6.29. The molecule has 0 bridgehead atoms.